The first-order valence-electron chi connectivity index (χ1n) is 4.77. The summed E-state index contributed by atoms with van der Waals surface area (Å²) in [5.74, 6) is 0. The molecule has 3 rings (SSSR count). The fourth-order valence-corrected chi connectivity index (χ4v) is 2.13. The zero-order valence-corrected chi connectivity index (χ0v) is 11.3. The Morgan fingerprint density at radius 2 is 0.895 bits per heavy atom. The fraction of sp³-hybridized carbons (Fsp3) is 0. The van der Waals surface area contributed by atoms with Crippen molar-refractivity contribution in [3.05, 3.63) is 0 Å². The number of nitrogens with zero attached hydrogens (tertiary/aromatic N) is 9. The lowest BCUT2D eigenvalue weighted by Gasteiger charge is -2.09. The van der Waals surface area contributed by atoms with Crippen molar-refractivity contribution in [2.75, 3.05) is 0 Å². The molecule has 0 unspecified atom stereocenters. The Labute approximate surface area is 121 Å². The van der Waals surface area contributed by atoms with Gasteiger partial charge in [0.25, 0.3) is 0 Å². The third-order valence-corrected chi connectivity index (χ3v) is 3.21. The summed E-state index contributed by atoms with van der Waals surface area (Å²) < 4.78 is 0. The molecule has 0 aromatic heterocycles. The summed E-state index contributed by atoms with van der Waals surface area (Å²) in [6, 6.07) is 0. The lowest BCUT2D eigenvalue weighted by atomic mass is 9.38. The molecule has 0 N–H and O–H groups in total. The number of thiocarbonyl (C=S) groups is 3. The van der Waals surface area contributed by atoms with Crippen LogP contribution in [-0.4, -0.2) is 38.5 Å². The first-order valence-corrected chi connectivity index (χ1v) is 5.99. The van der Waals surface area contributed by atoms with Crippen molar-refractivity contribution in [2.24, 2.45) is 46.3 Å². The molecular weight excluding hydrogens is 305 g/mol. The van der Waals surface area contributed by atoms with Crippen molar-refractivity contribution >= 4 is 75.2 Å². The summed E-state index contributed by atoms with van der Waals surface area (Å²) in [6.07, 6.45) is 0. The van der Waals surface area contributed by atoms with Crippen LogP contribution in [0.4, 0.5) is 0 Å². The minimum Gasteiger partial charge on any atom is -0.141 e. The zero-order valence-electron chi connectivity index (χ0n) is 8.83. The molecule has 3 aliphatic rings. The van der Waals surface area contributed by atoms with Crippen LogP contribution < -0.4 is 0 Å². The molecule has 0 aliphatic carbocycles. The Balaban J connectivity index is 2.05. The van der Waals surface area contributed by atoms with Crippen LogP contribution in [-0.2, 0) is 0 Å². The Morgan fingerprint density at radius 3 is 1.11 bits per heavy atom. The second kappa shape index (κ2) is 4.67. The van der Waals surface area contributed by atoms with E-state index in [1.165, 1.54) is 0 Å². The van der Waals surface area contributed by atoms with Crippen molar-refractivity contribution in [1.29, 1.82) is 0 Å². The van der Waals surface area contributed by atoms with E-state index in [4.69, 9.17) is 36.7 Å². The molecule has 0 fully saturated rings. The lowest BCUT2D eigenvalue weighted by molar-refractivity contribution is 1.13. The maximum atomic E-state index is 5.05. The minimum absolute atomic E-state index is 0.208. The van der Waals surface area contributed by atoms with Gasteiger partial charge < -0.3 is 0 Å². The van der Waals surface area contributed by atoms with Crippen molar-refractivity contribution in [3.63, 3.8) is 0 Å². The third kappa shape index (κ3) is 2.00. The first-order chi connectivity index (χ1) is 9.18. The second-order valence-corrected chi connectivity index (χ2v) is 4.53. The monoisotopic (exact) mass is 305 g/mol. The summed E-state index contributed by atoms with van der Waals surface area (Å²) in [6.45, 7) is -0.646. The van der Waals surface area contributed by atoms with E-state index in [0.717, 1.165) is 0 Å². The Morgan fingerprint density at radius 1 is 0.579 bits per heavy atom. The maximum Gasteiger partial charge on any atom is 0.330 e. The average molecular weight is 305 g/mol. The molecule has 13 heteroatoms. The summed E-state index contributed by atoms with van der Waals surface area (Å²) in [5.41, 5.74) is 1.07. The number of hydrogen-bond acceptors (Lipinski definition) is 9. The maximum absolute atomic E-state index is 5.05. The number of rotatable bonds is 3. The van der Waals surface area contributed by atoms with Gasteiger partial charge in [0.2, 0.25) is 0 Å². The van der Waals surface area contributed by atoms with Gasteiger partial charge in [-0.25, -0.2) is 0 Å². The minimum atomic E-state index is -0.646. The van der Waals surface area contributed by atoms with Gasteiger partial charge in [-0.15, -0.1) is 30.6 Å². The van der Waals surface area contributed by atoms with Gasteiger partial charge in [0.05, 0.1) is 16.8 Å². The first kappa shape index (κ1) is 12.2. The summed E-state index contributed by atoms with van der Waals surface area (Å²) in [5, 5.41) is 33.1. The van der Waals surface area contributed by atoms with E-state index in [9.17, 15) is 0 Å². The van der Waals surface area contributed by atoms with E-state index in [-0.39, 0.29) is 15.0 Å². The van der Waals surface area contributed by atoms with Crippen molar-refractivity contribution in [2.45, 2.75) is 0 Å². The van der Waals surface area contributed by atoms with Crippen molar-refractivity contribution < 1.29 is 0 Å². The van der Waals surface area contributed by atoms with E-state index in [2.05, 4.69) is 46.3 Å². The van der Waals surface area contributed by atoms with E-state index >= 15 is 0 Å². The Kier molecular flexibility index (Phi) is 3.00. The molecule has 90 valence electrons. The van der Waals surface area contributed by atoms with Crippen LogP contribution in [0.1, 0.15) is 0 Å². The zero-order chi connectivity index (χ0) is 13.4. The highest BCUT2D eigenvalue weighted by molar-refractivity contribution is 7.86. The molecule has 0 aromatic carbocycles. The van der Waals surface area contributed by atoms with Gasteiger partial charge in [0.1, 0.15) is 0 Å². The van der Waals surface area contributed by atoms with Gasteiger partial charge in [-0.3, -0.25) is 0 Å². The van der Waals surface area contributed by atoms with Gasteiger partial charge >= 0.3 is 6.71 Å². The van der Waals surface area contributed by atoms with Gasteiger partial charge in [-0.05, 0) is 15.7 Å². The molecule has 0 spiro atoms. The Hall–Kier alpha value is -1.86. The molecular formula is C6BN9S3. The SMILES string of the molecule is S=C1N=NN=C1B(C1=NN=NC1=S)C1=NN=NC1=S. The predicted molar refractivity (Wildman–Crippen MR) is 80.4 cm³/mol. The molecule has 0 amide bonds. The molecule has 9 nitrogen and oxygen atoms in total. The fourth-order valence-electron chi connectivity index (χ4n) is 1.55. The molecule has 0 aromatic rings. The van der Waals surface area contributed by atoms with E-state index in [0.29, 0.717) is 16.8 Å². The van der Waals surface area contributed by atoms with E-state index in [1.807, 2.05) is 0 Å². The van der Waals surface area contributed by atoms with Crippen LogP contribution in [0.2, 0.25) is 0 Å². The van der Waals surface area contributed by atoms with Gasteiger partial charge in [0, 0.05) is 0 Å². The van der Waals surface area contributed by atoms with Crippen LogP contribution in [0.5, 0.6) is 0 Å². The van der Waals surface area contributed by atoms with Crippen LogP contribution in [0.15, 0.2) is 46.3 Å². The average Bonchev–Trinajstić information content (AvgIpc) is 3.07. The van der Waals surface area contributed by atoms with Gasteiger partial charge in [0.15, 0.2) is 15.0 Å². The van der Waals surface area contributed by atoms with Crippen LogP contribution in [0.3, 0.4) is 0 Å². The van der Waals surface area contributed by atoms with Crippen molar-refractivity contribution in [1.82, 2.24) is 0 Å². The normalized spacial score (nSPS) is 20.2. The second-order valence-electron chi connectivity index (χ2n) is 3.37. The van der Waals surface area contributed by atoms with Crippen LogP contribution >= 0.6 is 36.7 Å². The molecule has 3 aliphatic heterocycles. The highest BCUT2D eigenvalue weighted by atomic mass is 32.1. The topological polar surface area (TPSA) is 111 Å². The molecule has 0 bridgehead atoms. The smallest absolute Gasteiger partial charge is 0.141 e. The summed E-state index contributed by atoms with van der Waals surface area (Å²) in [7, 11) is 0. The lowest BCUT2D eigenvalue weighted by Crippen LogP contribution is -2.49. The Bertz CT molecular complexity index is 604. The summed E-state index contributed by atoms with van der Waals surface area (Å²) in [4.78, 5) is 0.624. The highest BCUT2D eigenvalue weighted by Crippen LogP contribution is 2.15. The molecule has 3 heterocycles. The van der Waals surface area contributed by atoms with Gasteiger partial charge in [-0.1, -0.05) is 36.7 Å². The van der Waals surface area contributed by atoms with Crippen molar-refractivity contribution in [3.8, 4) is 0 Å². The van der Waals surface area contributed by atoms with Crippen LogP contribution in [0, 0.1) is 0 Å². The predicted octanol–water partition coefficient (Wildman–Crippen LogP) is 1.55. The molecule has 0 radical (unpaired) electrons. The largest absolute Gasteiger partial charge is 0.330 e. The summed E-state index contributed by atoms with van der Waals surface area (Å²) >= 11 is 15.2. The van der Waals surface area contributed by atoms with E-state index in [1.54, 1.807) is 0 Å². The van der Waals surface area contributed by atoms with Crippen LogP contribution in [0.25, 0.3) is 0 Å². The molecule has 0 atom stereocenters. The van der Waals surface area contributed by atoms with Gasteiger partial charge in [-0.2, -0.15) is 0 Å². The van der Waals surface area contributed by atoms with E-state index < -0.39 is 6.71 Å². The molecule has 0 saturated heterocycles. The molecule has 19 heavy (non-hydrogen) atoms. The standard InChI is InChI=1S/C6BN9S3/c17-4-1(8-14-11-4)7(2-5(18)12-15-9-2)3-6(19)13-16-10-3. The number of hydrogen-bond donors (Lipinski definition) is 0. The molecule has 0 saturated carbocycles. The highest BCUT2D eigenvalue weighted by Gasteiger charge is 2.43. The quantitative estimate of drug-likeness (QED) is 0.582. The third-order valence-electron chi connectivity index (χ3n) is 2.34.